The van der Waals surface area contributed by atoms with Gasteiger partial charge in [0.25, 0.3) is 0 Å². The SMILES string of the molecule is CC(C)(C)[PH+](C(C)(C)C)C(C)(C)C.CC(C)(C)[PH+](C(C)(C)C)C(C)(C)C.CC(C)(C)[PH+](C(C)(C)C)C(C)(C)C.CC(C)(C)[PH+](C(C)(C)C)C(C)(C)C.[Cl][Pd][Cl]. The standard InChI is InChI=1S/4C12H27P.2ClH.Pd/c4*1-10(2,3)13(11(4,5)6)12(7,8)9;;;/h4*1-9H3;2*1H;/q;;;;;;+2/p+2. The molecule has 0 amide bonds. The van der Waals surface area contributed by atoms with Gasteiger partial charge in [-0.3, -0.25) is 0 Å². The van der Waals surface area contributed by atoms with Gasteiger partial charge in [0.1, 0.15) is 0 Å². The molecule has 0 aromatic carbocycles. The number of rotatable bonds is 0. The second-order valence-electron chi connectivity index (χ2n) is 28.5. The Bertz CT molecular complexity index is 714. The molecular weight excluding hydrogens is 878 g/mol. The van der Waals surface area contributed by atoms with E-state index in [-0.39, 0.29) is 15.9 Å². The molecule has 0 aliphatic heterocycles. The average Bonchev–Trinajstić information content (AvgIpc) is 2.60. The maximum absolute atomic E-state index is 4.81. The van der Waals surface area contributed by atoms with Crippen molar-refractivity contribution in [3.63, 3.8) is 0 Å². The minimum atomic E-state index is -0.391. The molecule has 0 atom stereocenters. The monoisotopic (exact) mass is 989 g/mol. The summed E-state index contributed by atoms with van der Waals surface area (Å²) in [6.07, 6.45) is 0. The molecule has 0 fully saturated rings. The van der Waals surface area contributed by atoms with Crippen LogP contribution >= 0.6 is 50.7 Å². The zero-order chi connectivity index (χ0) is 47.0. The maximum atomic E-state index is 4.81. The summed E-state index contributed by atoms with van der Waals surface area (Å²) in [5.41, 5.74) is 0. The summed E-state index contributed by atoms with van der Waals surface area (Å²) in [4.78, 5) is 0. The van der Waals surface area contributed by atoms with E-state index in [1.807, 2.05) is 0 Å². The van der Waals surface area contributed by atoms with E-state index in [1.165, 1.54) is 0 Å². The molecule has 0 rings (SSSR count). The van der Waals surface area contributed by atoms with E-state index in [4.69, 9.17) is 19.1 Å². The van der Waals surface area contributed by atoms with Crippen molar-refractivity contribution in [3.05, 3.63) is 0 Å². The summed E-state index contributed by atoms with van der Waals surface area (Å²) in [5, 5.41) is 5.85. The molecule has 0 radical (unpaired) electrons. The summed E-state index contributed by atoms with van der Waals surface area (Å²) in [6.45, 7) is 86.4. The van der Waals surface area contributed by atoms with Gasteiger partial charge in [-0.15, -0.1) is 0 Å². The fourth-order valence-electron chi connectivity index (χ4n) is 13.5. The number of hydrogen-bond donors (Lipinski definition) is 0. The molecule has 0 aromatic rings. The molecule has 0 aliphatic carbocycles. The molecular formula is C48H112Cl2P4Pd+4. The molecule has 0 aliphatic rings. The molecule has 0 spiro atoms. The first kappa shape index (κ1) is 67.0. The van der Waals surface area contributed by atoms with Gasteiger partial charge in [-0.1, -0.05) is 0 Å². The molecule has 0 saturated heterocycles. The Morgan fingerprint density at radius 3 is 0.218 bits per heavy atom. The van der Waals surface area contributed by atoms with Crippen LogP contribution in [0.25, 0.3) is 0 Å². The van der Waals surface area contributed by atoms with Gasteiger partial charge in [-0.05, 0) is 249 Å². The molecule has 0 N–H and O–H groups in total. The van der Waals surface area contributed by atoms with Crippen LogP contribution in [0.5, 0.6) is 0 Å². The van der Waals surface area contributed by atoms with E-state index < -0.39 is 31.7 Å². The molecule has 0 nitrogen and oxygen atoms in total. The second kappa shape index (κ2) is 23.1. The molecule has 0 saturated carbocycles. The van der Waals surface area contributed by atoms with Crippen LogP contribution < -0.4 is 0 Å². The van der Waals surface area contributed by atoms with E-state index in [2.05, 4.69) is 249 Å². The zero-order valence-corrected chi connectivity index (χ0v) is 52.1. The van der Waals surface area contributed by atoms with Crippen LogP contribution in [-0.2, 0) is 15.9 Å². The Kier molecular flexibility index (Phi) is 28.1. The van der Waals surface area contributed by atoms with Gasteiger partial charge < -0.3 is 0 Å². The summed E-state index contributed by atoms with van der Waals surface area (Å²) in [5.74, 6) is 0. The Balaban J connectivity index is -0.000000197. The zero-order valence-electron chi connectivity index (χ0n) is 45.1. The third-order valence-corrected chi connectivity index (χ3v) is 27.0. The van der Waals surface area contributed by atoms with Crippen molar-refractivity contribution in [2.24, 2.45) is 0 Å². The topological polar surface area (TPSA) is 0 Å². The van der Waals surface area contributed by atoms with E-state index in [9.17, 15) is 0 Å². The van der Waals surface area contributed by atoms with Crippen molar-refractivity contribution in [1.29, 1.82) is 0 Å². The van der Waals surface area contributed by atoms with E-state index >= 15 is 0 Å². The van der Waals surface area contributed by atoms with Gasteiger partial charge in [-0.25, -0.2) is 0 Å². The van der Waals surface area contributed by atoms with Crippen LogP contribution in [0.2, 0.25) is 0 Å². The third kappa shape index (κ3) is 30.6. The van der Waals surface area contributed by atoms with Crippen molar-refractivity contribution in [3.8, 4) is 0 Å². The van der Waals surface area contributed by atoms with Crippen molar-refractivity contribution < 1.29 is 15.9 Å². The number of halogens is 2. The minimum absolute atomic E-state index is 0.106. The van der Waals surface area contributed by atoms with Crippen LogP contribution in [0, 0.1) is 0 Å². The van der Waals surface area contributed by atoms with Gasteiger partial charge in [0.2, 0.25) is 0 Å². The van der Waals surface area contributed by atoms with E-state index in [0.29, 0.717) is 61.9 Å². The fourth-order valence-corrected chi connectivity index (χ4v) is 40.5. The van der Waals surface area contributed by atoms with Crippen molar-refractivity contribution in [1.82, 2.24) is 0 Å². The predicted octanol–water partition coefficient (Wildman–Crippen LogP) is 19.8. The molecule has 0 unspecified atom stereocenters. The Morgan fingerprint density at radius 2 is 0.218 bits per heavy atom. The van der Waals surface area contributed by atoms with Crippen molar-refractivity contribution in [2.45, 2.75) is 311 Å². The summed E-state index contributed by atoms with van der Waals surface area (Å²) in [6, 6.07) is 0. The van der Waals surface area contributed by atoms with Gasteiger partial charge in [0.15, 0.2) is 0 Å². The quantitative estimate of drug-likeness (QED) is 0.168. The van der Waals surface area contributed by atoms with Gasteiger partial charge in [0, 0.05) is 31.7 Å². The summed E-state index contributed by atoms with van der Waals surface area (Å²) < 4.78 is 0. The van der Waals surface area contributed by atoms with Gasteiger partial charge >= 0.3 is 35.0 Å². The van der Waals surface area contributed by atoms with Crippen LogP contribution in [0.15, 0.2) is 0 Å². The van der Waals surface area contributed by atoms with E-state index in [0.717, 1.165) is 0 Å². The normalized spacial score (nSPS) is 14.8. The molecule has 55 heavy (non-hydrogen) atoms. The third-order valence-electron chi connectivity index (χ3n) is 9.00. The Morgan fingerprint density at radius 1 is 0.182 bits per heavy atom. The molecule has 0 heterocycles. The first-order valence-electron chi connectivity index (χ1n) is 21.2. The summed E-state index contributed by atoms with van der Waals surface area (Å²) in [7, 11) is 8.06. The first-order chi connectivity index (χ1) is 22.9. The fraction of sp³-hybridized carbons (Fsp3) is 1.00. The van der Waals surface area contributed by atoms with Crippen LogP contribution in [0.3, 0.4) is 0 Å². The predicted molar refractivity (Wildman–Crippen MR) is 282 cm³/mol. The molecule has 0 bridgehead atoms. The summed E-state index contributed by atoms with van der Waals surface area (Å²) >= 11 is -0.106. The van der Waals surface area contributed by atoms with Crippen LogP contribution in [0.4, 0.5) is 0 Å². The van der Waals surface area contributed by atoms with Crippen LogP contribution in [0.1, 0.15) is 249 Å². The average molecular weight is 991 g/mol. The Labute approximate surface area is 375 Å². The molecule has 344 valence electrons. The molecule has 7 heteroatoms. The van der Waals surface area contributed by atoms with Gasteiger partial charge in [0.05, 0.1) is 61.9 Å². The number of hydrogen-bond acceptors (Lipinski definition) is 0. The van der Waals surface area contributed by atoms with E-state index in [1.54, 1.807) is 0 Å². The second-order valence-corrected chi connectivity index (χ2v) is 51.9. The van der Waals surface area contributed by atoms with Gasteiger partial charge in [-0.2, -0.15) is 0 Å². The molecule has 0 aromatic heterocycles. The van der Waals surface area contributed by atoms with Crippen LogP contribution in [-0.4, -0.2) is 61.9 Å². The Hall–Kier alpha value is 2.96. The van der Waals surface area contributed by atoms with Crippen molar-refractivity contribution >= 4 is 50.7 Å². The van der Waals surface area contributed by atoms with Crippen molar-refractivity contribution in [2.75, 3.05) is 0 Å². The first-order valence-corrected chi connectivity index (χ1v) is 31.2.